The number of ether oxygens (including phenoxy) is 1. The molecule has 0 bridgehead atoms. The van der Waals surface area contributed by atoms with Gasteiger partial charge in [-0.15, -0.1) is 0 Å². The molecule has 1 atom stereocenters. The molecule has 0 radical (unpaired) electrons. The fourth-order valence-corrected chi connectivity index (χ4v) is 2.10. The van der Waals surface area contributed by atoms with E-state index in [1.165, 1.54) is 0 Å². The van der Waals surface area contributed by atoms with Gasteiger partial charge in [-0.1, -0.05) is 15.9 Å². The molecule has 0 saturated carbocycles. The van der Waals surface area contributed by atoms with Crippen LogP contribution in [0.25, 0.3) is 0 Å². The predicted molar refractivity (Wildman–Crippen MR) is 63.5 cm³/mol. The van der Waals surface area contributed by atoms with E-state index >= 15 is 0 Å². The SMILES string of the molecule is CC(O)CN1CCOc2cc(Br)ccc21. The molecule has 82 valence electrons. The molecule has 4 heteroatoms. The molecule has 1 aromatic carbocycles. The van der Waals surface area contributed by atoms with Crippen molar-refractivity contribution >= 4 is 21.6 Å². The van der Waals surface area contributed by atoms with E-state index in [-0.39, 0.29) is 6.10 Å². The van der Waals surface area contributed by atoms with Gasteiger partial charge in [0.15, 0.2) is 0 Å². The number of hydrogen-bond donors (Lipinski definition) is 1. The first kappa shape index (κ1) is 10.8. The zero-order valence-electron chi connectivity index (χ0n) is 8.61. The van der Waals surface area contributed by atoms with E-state index in [0.29, 0.717) is 13.2 Å². The van der Waals surface area contributed by atoms with Crippen molar-refractivity contribution in [2.75, 3.05) is 24.6 Å². The lowest BCUT2D eigenvalue weighted by Gasteiger charge is -2.32. The smallest absolute Gasteiger partial charge is 0.143 e. The maximum Gasteiger partial charge on any atom is 0.143 e. The Morgan fingerprint density at radius 3 is 3.13 bits per heavy atom. The molecule has 1 unspecified atom stereocenters. The molecule has 0 fully saturated rings. The van der Waals surface area contributed by atoms with Crippen molar-refractivity contribution in [1.82, 2.24) is 0 Å². The van der Waals surface area contributed by atoms with Gasteiger partial charge in [-0.3, -0.25) is 0 Å². The Bertz CT molecular complexity index is 354. The lowest BCUT2D eigenvalue weighted by molar-refractivity contribution is 0.194. The van der Waals surface area contributed by atoms with Crippen molar-refractivity contribution in [3.05, 3.63) is 22.7 Å². The number of aliphatic hydroxyl groups is 1. The third-order valence-electron chi connectivity index (χ3n) is 2.37. The van der Waals surface area contributed by atoms with E-state index in [1.54, 1.807) is 6.92 Å². The number of halogens is 1. The normalized spacial score (nSPS) is 16.9. The van der Waals surface area contributed by atoms with Crippen LogP contribution >= 0.6 is 15.9 Å². The van der Waals surface area contributed by atoms with Crippen molar-refractivity contribution in [2.24, 2.45) is 0 Å². The van der Waals surface area contributed by atoms with Crippen LogP contribution in [0.15, 0.2) is 22.7 Å². The summed E-state index contributed by atoms with van der Waals surface area (Å²) in [6.07, 6.45) is -0.320. The molecule has 1 heterocycles. The second-order valence-corrected chi connectivity index (χ2v) is 4.67. The highest BCUT2D eigenvalue weighted by Crippen LogP contribution is 2.33. The maximum absolute atomic E-state index is 9.39. The lowest BCUT2D eigenvalue weighted by atomic mass is 10.2. The Morgan fingerprint density at radius 2 is 2.40 bits per heavy atom. The molecule has 3 nitrogen and oxygen atoms in total. The maximum atomic E-state index is 9.39. The van der Waals surface area contributed by atoms with Gasteiger partial charge in [-0.25, -0.2) is 0 Å². The van der Waals surface area contributed by atoms with Crippen LogP contribution in [-0.4, -0.2) is 30.9 Å². The summed E-state index contributed by atoms with van der Waals surface area (Å²) in [4.78, 5) is 2.15. The van der Waals surface area contributed by atoms with Gasteiger partial charge < -0.3 is 14.7 Å². The lowest BCUT2D eigenvalue weighted by Crippen LogP contribution is -2.37. The Kier molecular flexibility index (Phi) is 3.17. The molecule has 0 saturated heterocycles. The number of fused-ring (bicyclic) bond motifs is 1. The fraction of sp³-hybridized carbons (Fsp3) is 0.455. The summed E-state index contributed by atoms with van der Waals surface area (Å²) in [5.41, 5.74) is 1.06. The average molecular weight is 272 g/mol. The third-order valence-corrected chi connectivity index (χ3v) is 2.86. The summed E-state index contributed by atoms with van der Waals surface area (Å²) in [5, 5.41) is 9.39. The largest absolute Gasteiger partial charge is 0.490 e. The second-order valence-electron chi connectivity index (χ2n) is 3.76. The molecule has 0 amide bonds. The topological polar surface area (TPSA) is 32.7 Å². The zero-order chi connectivity index (χ0) is 10.8. The Morgan fingerprint density at radius 1 is 1.60 bits per heavy atom. The molecule has 1 aromatic rings. The van der Waals surface area contributed by atoms with Crippen molar-refractivity contribution in [1.29, 1.82) is 0 Å². The van der Waals surface area contributed by atoms with Gasteiger partial charge in [0.1, 0.15) is 12.4 Å². The average Bonchev–Trinajstić information content (AvgIpc) is 2.16. The number of rotatable bonds is 2. The van der Waals surface area contributed by atoms with Crippen LogP contribution < -0.4 is 9.64 Å². The summed E-state index contributed by atoms with van der Waals surface area (Å²) in [7, 11) is 0. The molecule has 1 N–H and O–H groups in total. The minimum Gasteiger partial charge on any atom is -0.490 e. The molecule has 0 aliphatic carbocycles. The van der Waals surface area contributed by atoms with E-state index in [0.717, 1.165) is 22.5 Å². The van der Waals surface area contributed by atoms with Crippen molar-refractivity contribution in [3.8, 4) is 5.75 Å². The number of β-amino-alcohol motifs (C(OH)–C–C–N with tert-alkyl or cyclic N) is 1. The number of benzene rings is 1. The predicted octanol–water partition coefficient (Wildman–Crippen LogP) is 2.03. The first-order chi connectivity index (χ1) is 7.16. The van der Waals surface area contributed by atoms with Crippen molar-refractivity contribution in [3.63, 3.8) is 0 Å². The fourth-order valence-electron chi connectivity index (χ4n) is 1.76. The molecule has 1 aliphatic heterocycles. The highest BCUT2D eigenvalue weighted by molar-refractivity contribution is 9.10. The Balaban J connectivity index is 2.26. The van der Waals surface area contributed by atoms with Gasteiger partial charge in [0, 0.05) is 11.0 Å². The number of hydrogen-bond acceptors (Lipinski definition) is 3. The summed E-state index contributed by atoms with van der Waals surface area (Å²) in [6, 6.07) is 5.97. The minimum absolute atomic E-state index is 0.320. The van der Waals surface area contributed by atoms with E-state index in [1.807, 2.05) is 18.2 Å². The van der Waals surface area contributed by atoms with E-state index < -0.39 is 0 Å². The molecular weight excluding hydrogens is 258 g/mol. The Labute approximate surface area is 97.8 Å². The Hall–Kier alpha value is -0.740. The van der Waals surface area contributed by atoms with Crippen LogP contribution in [0.4, 0.5) is 5.69 Å². The number of nitrogens with zero attached hydrogens (tertiary/aromatic N) is 1. The third kappa shape index (κ3) is 2.44. The second kappa shape index (κ2) is 4.41. The van der Waals surface area contributed by atoms with Crippen LogP contribution in [0.3, 0.4) is 0 Å². The minimum atomic E-state index is -0.320. The van der Waals surface area contributed by atoms with Crippen molar-refractivity contribution < 1.29 is 9.84 Å². The van der Waals surface area contributed by atoms with Gasteiger partial charge in [-0.05, 0) is 25.1 Å². The zero-order valence-corrected chi connectivity index (χ0v) is 10.2. The highest BCUT2D eigenvalue weighted by atomic mass is 79.9. The molecule has 2 rings (SSSR count). The summed E-state index contributed by atoms with van der Waals surface area (Å²) >= 11 is 3.41. The number of aliphatic hydroxyl groups excluding tert-OH is 1. The molecule has 0 aromatic heterocycles. The quantitative estimate of drug-likeness (QED) is 0.894. The van der Waals surface area contributed by atoms with Gasteiger partial charge in [0.05, 0.1) is 18.3 Å². The van der Waals surface area contributed by atoms with Crippen LogP contribution in [0.2, 0.25) is 0 Å². The molecular formula is C11H14BrNO2. The van der Waals surface area contributed by atoms with Crippen LogP contribution in [-0.2, 0) is 0 Å². The van der Waals surface area contributed by atoms with Crippen molar-refractivity contribution in [2.45, 2.75) is 13.0 Å². The van der Waals surface area contributed by atoms with Gasteiger partial charge in [0.25, 0.3) is 0 Å². The first-order valence-electron chi connectivity index (χ1n) is 5.02. The van der Waals surface area contributed by atoms with Crippen LogP contribution in [0, 0.1) is 0 Å². The summed E-state index contributed by atoms with van der Waals surface area (Å²) < 4.78 is 6.58. The molecule has 15 heavy (non-hydrogen) atoms. The van der Waals surface area contributed by atoms with Gasteiger partial charge >= 0.3 is 0 Å². The van der Waals surface area contributed by atoms with E-state index in [2.05, 4.69) is 20.8 Å². The molecule has 1 aliphatic rings. The summed E-state index contributed by atoms with van der Waals surface area (Å²) in [5.74, 6) is 0.885. The van der Waals surface area contributed by atoms with E-state index in [9.17, 15) is 5.11 Å². The molecule has 0 spiro atoms. The monoisotopic (exact) mass is 271 g/mol. The van der Waals surface area contributed by atoms with Gasteiger partial charge in [-0.2, -0.15) is 0 Å². The standard InChI is InChI=1S/C11H14BrNO2/c1-8(14)7-13-4-5-15-11-6-9(12)2-3-10(11)13/h2-3,6,8,14H,4-5,7H2,1H3. The first-order valence-corrected chi connectivity index (χ1v) is 5.81. The van der Waals surface area contributed by atoms with E-state index in [4.69, 9.17) is 4.74 Å². The highest BCUT2D eigenvalue weighted by Gasteiger charge is 2.18. The number of anilines is 1. The van der Waals surface area contributed by atoms with Crippen LogP contribution in [0.1, 0.15) is 6.92 Å². The summed E-state index contributed by atoms with van der Waals surface area (Å²) in [6.45, 7) is 3.96. The van der Waals surface area contributed by atoms with Crippen LogP contribution in [0.5, 0.6) is 5.75 Å². The van der Waals surface area contributed by atoms with Gasteiger partial charge in [0.2, 0.25) is 0 Å².